The number of phenolic OH excluding ortho intramolecular Hbond substituents is 1. The number of rotatable bonds is 6. The molecule has 1 aromatic carbocycles. The van der Waals surface area contributed by atoms with E-state index in [0.29, 0.717) is 18.9 Å². The molecule has 0 bridgehead atoms. The second-order valence-electron chi connectivity index (χ2n) is 5.94. The molecule has 0 heterocycles. The predicted molar refractivity (Wildman–Crippen MR) is 102 cm³/mol. The number of hydrogen-bond acceptors (Lipinski definition) is 3. The van der Waals surface area contributed by atoms with Crippen LogP contribution in [0.2, 0.25) is 0 Å². The van der Waals surface area contributed by atoms with Gasteiger partial charge in [0.2, 0.25) is 5.91 Å². The topological polar surface area (TPSA) is 75.4 Å². The molecule has 0 aliphatic heterocycles. The Hall–Kier alpha value is -0.0900. The Morgan fingerprint density at radius 3 is 2.38 bits per heavy atom. The summed E-state index contributed by atoms with van der Waals surface area (Å²) < 4.78 is 1.54. The molecule has 118 valence electrons. The summed E-state index contributed by atoms with van der Waals surface area (Å²) >= 11 is 4.16. The molecule has 0 aliphatic rings. The number of halogens is 2. The third kappa shape index (κ3) is 5.90. The van der Waals surface area contributed by atoms with Crippen LogP contribution in [0.15, 0.2) is 12.1 Å². The van der Waals surface area contributed by atoms with Gasteiger partial charge >= 0.3 is 0 Å². The van der Waals surface area contributed by atoms with Crippen molar-refractivity contribution < 1.29 is 9.90 Å². The van der Waals surface area contributed by atoms with Gasteiger partial charge in [-0.15, -0.1) is 0 Å². The van der Waals surface area contributed by atoms with Gasteiger partial charge in [-0.2, -0.15) is 0 Å². The number of carbonyl (C=O) groups excluding carboxylic acids is 1. The molecule has 1 atom stereocenters. The first-order chi connectivity index (χ1) is 9.63. The van der Waals surface area contributed by atoms with Crippen LogP contribution in [0.4, 0.5) is 0 Å². The molecular weight excluding hydrogens is 494 g/mol. The third-order valence-electron chi connectivity index (χ3n) is 3.17. The van der Waals surface area contributed by atoms with Crippen molar-refractivity contribution in [1.82, 2.24) is 5.32 Å². The average Bonchev–Trinajstić information content (AvgIpc) is 2.34. The van der Waals surface area contributed by atoms with E-state index in [-0.39, 0.29) is 11.7 Å². The van der Waals surface area contributed by atoms with Crippen LogP contribution < -0.4 is 11.1 Å². The molecule has 1 amide bonds. The van der Waals surface area contributed by atoms with Gasteiger partial charge in [-0.1, -0.05) is 13.8 Å². The minimum Gasteiger partial charge on any atom is -0.506 e. The van der Waals surface area contributed by atoms with E-state index in [4.69, 9.17) is 5.73 Å². The van der Waals surface area contributed by atoms with E-state index in [1.54, 1.807) is 6.92 Å². The van der Waals surface area contributed by atoms with E-state index in [0.717, 1.165) is 19.1 Å². The minimum atomic E-state index is -0.958. The van der Waals surface area contributed by atoms with Crippen LogP contribution in [-0.2, 0) is 11.2 Å². The second-order valence-corrected chi connectivity index (χ2v) is 8.27. The summed E-state index contributed by atoms with van der Waals surface area (Å²) in [6.45, 7) is 6.63. The van der Waals surface area contributed by atoms with Crippen LogP contribution in [0.25, 0.3) is 0 Å². The highest BCUT2D eigenvalue weighted by Crippen LogP contribution is 2.28. The highest BCUT2D eigenvalue weighted by molar-refractivity contribution is 14.1. The van der Waals surface area contributed by atoms with Gasteiger partial charge in [-0.05, 0) is 88.6 Å². The molecule has 0 saturated carbocycles. The predicted octanol–water partition coefficient (Wildman–Crippen LogP) is 3.02. The van der Waals surface area contributed by atoms with Crippen LogP contribution in [-0.4, -0.2) is 23.1 Å². The molecule has 0 aliphatic carbocycles. The lowest BCUT2D eigenvalue weighted by atomic mass is 9.93. The molecule has 1 rings (SSSR count). The van der Waals surface area contributed by atoms with E-state index in [1.165, 1.54) is 0 Å². The molecule has 0 unspecified atom stereocenters. The van der Waals surface area contributed by atoms with E-state index in [2.05, 4.69) is 64.3 Å². The molecule has 0 spiro atoms. The van der Waals surface area contributed by atoms with Gasteiger partial charge in [0.15, 0.2) is 0 Å². The standard InChI is InChI=1S/C15H22I2N2O2/c1-9(2)4-5-19-14(21)15(3,18)8-10-6-11(16)13(20)12(17)7-10/h6-7,9,20H,4-5,8,18H2,1-3H3,(H,19,21)/t15-/m0/s1. The molecule has 0 aromatic heterocycles. The maximum atomic E-state index is 12.2. The molecule has 0 fully saturated rings. The van der Waals surface area contributed by atoms with E-state index < -0.39 is 5.54 Å². The number of nitrogens with two attached hydrogens (primary N) is 1. The fourth-order valence-electron chi connectivity index (χ4n) is 1.90. The third-order valence-corrected chi connectivity index (χ3v) is 4.82. The first-order valence-electron chi connectivity index (χ1n) is 6.87. The fraction of sp³-hybridized carbons (Fsp3) is 0.533. The first kappa shape index (κ1) is 19.0. The Kier molecular flexibility index (Phi) is 7.18. The van der Waals surface area contributed by atoms with Crippen LogP contribution in [0.5, 0.6) is 5.75 Å². The summed E-state index contributed by atoms with van der Waals surface area (Å²) in [5.74, 6) is 0.691. The summed E-state index contributed by atoms with van der Waals surface area (Å²) in [7, 11) is 0. The molecule has 0 saturated heterocycles. The van der Waals surface area contributed by atoms with Crippen LogP contribution >= 0.6 is 45.2 Å². The first-order valence-corrected chi connectivity index (χ1v) is 9.03. The number of phenols is 1. The van der Waals surface area contributed by atoms with Crippen LogP contribution in [0.3, 0.4) is 0 Å². The van der Waals surface area contributed by atoms with Crippen molar-refractivity contribution in [2.24, 2.45) is 11.7 Å². The molecule has 4 N–H and O–H groups in total. The SMILES string of the molecule is CC(C)CCNC(=O)[C@@](C)(N)Cc1cc(I)c(O)c(I)c1. The van der Waals surface area contributed by atoms with Crippen molar-refractivity contribution in [3.8, 4) is 5.75 Å². The Labute approximate surface area is 153 Å². The minimum absolute atomic E-state index is 0.138. The number of amides is 1. The van der Waals surface area contributed by atoms with Gasteiger partial charge in [-0.3, -0.25) is 4.79 Å². The normalized spacial score (nSPS) is 14.0. The number of hydrogen-bond donors (Lipinski definition) is 3. The molecule has 21 heavy (non-hydrogen) atoms. The Balaban J connectivity index is 2.73. The summed E-state index contributed by atoms with van der Waals surface area (Å²) in [5, 5.41) is 12.7. The van der Waals surface area contributed by atoms with Crippen LogP contribution in [0, 0.1) is 13.1 Å². The Morgan fingerprint density at radius 1 is 1.38 bits per heavy atom. The summed E-state index contributed by atoms with van der Waals surface area (Å²) in [5.41, 5.74) is 6.16. The molecule has 1 aromatic rings. The quantitative estimate of drug-likeness (QED) is 0.510. The van der Waals surface area contributed by atoms with Gasteiger partial charge in [-0.25, -0.2) is 0 Å². The number of carbonyl (C=O) groups is 1. The Bertz CT molecular complexity index is 493. The molecule has 4 nitrogen and oxygen atoms in total. The number of aromatic hydroxyl groups is 1. The average molecular weight is 516 g/mol. The largest absolute Gasteiger partial charge is 0.506 e. The summed E-state index contributed by atoms with van der Waals surface area (Å²) in [6, 6.07) is 3.73. The lowest BCUT2D eigenvalue weighted by Gasteiger charge is -2.24. The van der Waals surface area contributed by atoms with Crippen molar-refractivity contribution in [1.29, 1.82) is 0 Å². The highest BCUT2D eigenvalue weighted by Gasteiger charge is 2.28. The molecular formula is C15H22I2N2O2. The van der Waals surface area contributed by atoms with Crippen molar-refractivity contribution in [3.05, 3.63) is 24.8 Å². The van der Waals surface area contributed by atoms with Gasteiger partial charge in [0.25, 0.3) is 0 Å². The Morgan fingerprint density at radius 2 is 1.90 bits per heavy atom. The van der Waals surface area contributed by atoms with E-state index >= 15 is 0 Å². The van der Waals surface area contributed by atoms with Crippen molar-refractivity contribution in [2.45, 2.75) is 39.2 Å². The second kappa shape index (κ2) is 7.96. The number of nitrogens with one attached hydrogen (secondary N) is 1. The zero-order valence-electron chi connectivity index (χ0n) is 12.5. The van der Waals surface area contributed by atoms with Crippen molar-refractivity contribution in [3.63, 3.8) is 0 Å². The van der Waals surface area contributed by atoms with E-state index in [1.807, 2.05) is 12.1 Å². The van der Waals surface area contributed by atoms with Gasteiger partial charge in [0.1, 0.15) is 5.75 Å². The monoisotopic (exact) mass is 516 g/mol. The number of benzene rings is 1. The highest BCUT2D eigenvalue weighted by atomic mass is 127. The lowest BCUT2D eigenvalue weighted by Crippen LogP contribution is -2.53. The van der Waals surface area contributed by atoms with Gasteiger partial charge in [0.05, 0.1) is 12.7 Å². The maximum absolute atomic E-state index is 12.2. The van der Waals surface area contributed by atoms with E-state index in [9.17, 15) is 9.90 Å². The van der Waals surface area contributed by atoms with Crippen LogP contribution in [0.1, 0.15) is 32.8 Å². The smallest absolute Gasteiger partial charge is 0.240 e. The lowest BCUT2D eigenvalue weighted by molar-refractivity contribution is -0.125. The molecule has 0 radical (unpaired) electrons. The van der Waals surface area contributed by atoms with Gasteiger partial charge in [0, 0.05) is 6.54 Å². The fourth-order valence-corrected chi connectivity index (χ4v) is 3.80. The maximum Gasteiger partial charge on any atom is 0.240 e. The summed E-state index contributed by atoms with van der Waals surface area (Å²) in [6.07, 6.45) is 1.38. The van der Waals surface area contributed by atoms with Crippen molar-refractivity contribution >= 4 is 51.1 Å². The zero-order valence-corrected chi connectivity index (χ0v) is 16.9. The van der Waals surface area contributed by atoms with Gasteiger partial charge < -0.3 is 16.2 Å². The molecule has 6 heteroatoms. The van der Waals surface area contributed by atoms with Crippen molar-refractivity contribution in [2.75, 3.05) is 6.54 Å². The summed E-state index contributed by atoms with van der Waals surface area (Å²) in [4.78, 5) is 12.2. The zero-order chi connectivity index (χ0) is 16.2.